The molecule has 5 heterocycles. The number of carboxylic acid groups (broad SMARTS) is 1. The number of pyridine rings is 1. The number of aromatic amines is 1. The Morgan fingerprint density at radius 2 is 2.12 bits per heavy atom. The fourth-order valence-corrected chi connectivity index (χ4v) is 5.08. The molecule has 4 aromatic rings. The van der Waals surface area contributed by atoms with Crippen molar-refractivity contribution in [2.45, 2.75) is 45.7 Å². The monoisotopic (exact) mass is 460 g/mol. The van der Waals surface area contributed by atoms with Gasteiger partial charge in [0.2, 0.25) is 0 Å². The van der Waals surface area contributed by atoms with Crippen molar-refractivity contribution in [3.05, 3.63) is 46.8 Å². The molecule has 0 aromatic carbocycles. The summed E-state index contributed by atoms with van der Waals surface area (Å²) in [5, 5.41) is 23.4. The minimum atomic E-state index is -0.993. The SMILES string of the molecule is CC(C)(C)C1C(n2c(=O)[nH]c3cnc(-c4cnn5ccc(C#N)cc45)nc32)CCCN1C(=O)O. The second-order valence-electron chi connectivity index (χ2n) is 9.64. The van der Waals surface area contributed by atoms with E-state index in [0.29, 0.717) is 53.0 Å². The second kappa shape index (κ2) is 7.69. The molecule has 1 saturated heterocycles. The smallest absolute Gasteiger partial charge is 0.407 e. The van der Waals surface area contributed by atoms with E-state index in [4.69, 9.17) is 4.98 Å². The number of hydrogen-bond donors (Lipinski definition) is 2. The molecule has 174 valence electrons. The minimum absolute atomic E-state index is 0.348. The molecule has 0 radical (unpaired) electrons. The van der Waals surface area contributed by atoms with Crippen molar-refractivity contribution in [2.75, 3.05) is 6.54 Å². The number of piperidine rings is 1. The number of nitrogens with one attached hydrogen (secondary N) is 1. The summed E-state index contributed by atoms with van der Waals surface area (Å²) in [5.74, 6) is 0.364. The zero-order valence-electron chi connectivity index (χ0n) is 19.1. The molecular formula is C23H24N8O3. The standard InChI is InChI=1S/C23H24N8O3/c1-23(2,3)18-16(5-4-7-29(18)22(33)34)31-20-15(27-21(31)32)12-25-19(28-20)14-11-26-30-8-6-13(10-24)9-17(14)30/h6,8-9,11-12,16,18H,4-5,7H2,1-3H3,(H,27,32)(H,33,34). The van der Waals surface area contributed by atoms with Crippen molar-refractivity contribution < 1.29 is 9.90 Å². The molecule has 5 rings (SSSR count). The van der Waals surface area contributed by atoms with Crippen LogP contribution >= 0.6 is 0 Å². The van der Waals surface area contributed by atoms with Gasteiger partial charge in [0.05, 0.1) is 47.2 Å². The summed E-state index contributed by atoms with van der Waals surface area (Å²) in [7, 11) is 0. The van der Waals surface area contributed by atoms with Crippen molar-refractivity contribution in [3.8, 4) is 17.5 Å². The van der Waals surface area contributed by atoms with Crippen molar-refractivity contribution in [1.29, 1.82) is 5.26 Å². The van der Waals surface area contributed by atoms with Gasteiger partial charge in [-0.3, -0.25) is 4.57 Å². The van der Waals surface area contributed by atoms with E-state index in [9.17, 15) is 20.0 Å². The zero-order chi connectivity index (χ0) is 24.2. The Labute approximate surface area is 194 Å². The highest BCUT2D eigenvalue weighted by Gasteiger charge is 2.43. The number of fused-ring (bicyclic) bond motifs is 2. The average molecular weight is 460 g/mol. The molecule has 0 saturated carbocycles. The molecule has 4 aromatic heterocycles. The molecular weight excluding hydrogens is 436 g/mol. The van der Waals surface area contributed by atoms with E-state index < -0.39 is 17.6 Å². The van der Waals surface area contributed by atoms with Crippen LogP contribution in [0.3, 0.4) is 0 Å². The molecule has 34 heavy (non-hydrogen) atoms. The van der Waals surface area contributed by atoms with Gasteiger partial charge in [0.1, 0.15) is 5.52 Å². The number of nitriles is 1. The van der Waals surface area contributed by atoms with Gasteiger partial charge in [-0.15, -0.1) is 0 Å². The van der Waals surface area contributed by atoms with E-state index >= 15 is 0 Å². The Hall–Kier alpha value is -4.20. The quantitative estimate of drug-likeness (QED) is 0.467. The van der Waals surface area contributed by atoms with Gasteiger partial charge in [0.15, 0.2) is 11.5 Å². The topological polar surface area (TPSA) is 145 Å². The van der Waals surface area contributed by atoms with Gasteiger partial charge in [-0.1, -0.05) is 20.8 Å². The maximum Gasteiger partial charge on any atom is 0.407 e. The number of nitrogens with zero attached hydrogens (tertiary/aromatic N) is 7. The Kier molecular flexibility index (Phi) is 4.89. The summed E-state index contributed by atoms with van der Waals surface area (Å²) in [4.78, 5) is 38.6. The summed E-state index contributed by atoms with van der Waals surface area (Å²) in [6, 6.07) is 4.70. The molecule has 11 nitrogen and oxygen atoms in total. The number of aromatic nitrogens is 6. The summed E-state index contributed by atoms with van der Waals surface area (Å²) in [6.45, 7) is 6.38. The van der Waals surface area contributed by atoms with Crippen molar-refractivity contribution >= 4 is 22.8 Å². The summed E-state index contributed by atoms with van der Waals surface area (Å²) in [5.41, 5.74) is 1.92. The lowest BCUT2D eigenvalue weighted by Crippen LogP contribution is -2.55. The lowest BCUT2D eigenvalue weighted by Gasteiger charge is -2.46. The highest BCUT2D eigenvalue weighted by Crippen LogP contribution is 2.39. The predicted molar refractivity (Wildman–Crippen MR) is 123 cm³/mol. The van der Waals surface area contributed by atoms with E-state index in [1.165, 1.54) is 4.90 Å². The molecule has 1 fully saturated rings. The van der Waals surface area contributed by atoms with Gasteiger partial charge in [-0.05, 0) is 30.4 Å². The molecule has 1 aliphatic heterocycles. The van der Waals surface area contributed by atoms with Crippen LogP contribution in [-0.2, 0) is 0 Å². The van der Waals surface area contributed by atoms with Gasteiger partial charge < -0.3 is 15.0 Å². The molecule has 0 aliphatic carbocycles. The van der Waals surface area contributed by atoms with Crippen LogP contribution in [0.5, 0.6) is 0 Å². The Bertz CT molecular complexity index is 1520. The second-order valence-corrected chi connectivity index (χ2v) is 9.64. The lowest BCUT2D eigenvalue weighted by atomic mass is 9.77. The first-order valence-electron chi connectivity index (χ1n) is 11.0. The van der Waals surface area contributed by atoms with Crippen LogP contribution in [0.25, 0.3) is 28.1 Å². The van der Waals surface area contributed by atoms with Crippen molar-refractivity contribution in [2.24, 2.45) is 5.41 Å². The van der Waals surface area contributed by atoms with E-state index in [1.54, 1.807) is 39.8 Å². The lowest BCUT2D eigenvalue weighted by molar-refractivity contribution is 0.0274. The van der Waals surface area contributed by atoms with E-state index in [-0.39, 0.29) is 11.7 Å². The van der Waals surface area contributed by atoms with Gasteiger partial charge >= 0.3 is 11.8 Å². The van der Waals surface area contributed by atoms with Gasteiger partial charge in [-0.2, -0.15) is 10.4 Å². The number of rotatable bonds is 2. The van der Waals surface area contributed by atoms with Gasteiger partial charge in [0, 0.05) is 12.7 Å². The van der Waals surface area contributed by atoms with Crippen LogP contribution in [0.15, 0.2) is 35.5 Å². The predicted octanol–water partition coefficient (Wildman–Crippen LogP) is 3.04. The number of hydrogen-bond acceptors (Lipinski definition) is 6. The van der Waals surface area contributed by atoms with Crippen LogP contribution in [0, 0.1) is 16.7 Å². The van der Waals surface area contributed by atoms with E-state index in [0.717, 1.165) is 0 Å². The minimum Gasteiger partial charge on any atom is -0.465 e. The summed E-state index contributed by atoms with van der Waals surface area (Å²) in [6.07, 6.45) is 5.17. The van der Waals surface area contributed by atoms with Crippen LogP contribution in [-0.4, -0.2) is 57.8 Å². The van der Waals surface area contributed by atoms with Crippen LogP contribution in [0.4, 0.5) is 4.79 Å². The van der Waals surface area contributed by atoms with Crippen LogP contribution in [0.2, 0.25) is 0 Å². The Morgan fingerprint density at radius 3 is 2.82 bits per heavy atom. The normalized spacial score (nSPS) is 18.9. The first kappa shape index (κ1) is 21.6. The van der Waals surface area contributed by atoms with Crippen LogP contribution < -0.4 is 5.69 Å². The number of likely N-dealkylation sites (tertiary alicyclic amines) is 1. The molecule has 1 aliphatic rings. The molecule has 2 unspecified atom stereocenters. The Morgan fingerprint density at radius 1 is 1.32 bits per heavy atom. The third-order valence-corrected chi connectivity index (χ3v) is 6.41. The number of carbonyl (C=O) groups is 1. The highest BCUT2D eigenvalue weighted by atomic mass is 16.4. The first-order valence-corrected chi connectivity index (χ1v) is 11.0. The fraction of sp³-hybridized carbons (Fsp3) is 0.391. The maximum atomic E-state index is 13.1. The molecule has 1 amide bonds. The van der Waals surface area contributed by atoms with E-state index in [1.807, 2.05) is 20.8 Å². The molecule has 11 heteroatoms. The van der Waals surface area contributed by atoms with Gasteiger partial charge in [0.25, 0.3) is 0 Å². The number of H-pyrrole nitrogens is 1. The van der Waals surface area contributed by atoms with E-state index in [2.05, 4.69) is 21.1 Å². The highest BCUT2D eigenvalue weighted by molar-refractivity contribution is 5.80. The Balaban J connectivity index is 1.69. The van der Waals surface area contributed by atoms with Gasteiger partial charge in [-0.25, -0.2) is 24.1 Å². The molecule has 0 spiro atoms. The zero-order valence-corrected chi connectivity index (χ0v) is 19.1. The third kappa shape index (κ3) is 3.39. The molecule has 2 N–H and O–H groups in total. The largest absolute Gasteiger partial charge is 0.465 e. The molecule has 2 atom stereocenters. The van der Waals surface area contributed by atoms with Crippen molar-refractivity contribution in [1.82, 2.24) is 34.0 Å². The number of amides is 1. The molecule has 0 bridgehead atoms. The first-order chi connectivity index (χ1) is 16.2. The average Bonchev–Trinajstić information content (AvgIpc) is 3.36. The third-order valence-electron chi connectivity index (χ3n) is 6.41. The van der Waals surface area contributed by atoms with Crippen molar-refractivity contribution in [3.63, 3.8) is 0 Å². The van der Waals surface area contributed by atoms with Crippen LogP contribution in [0.1, 0.15) is 45.2 Å². The maximum absolute atomic E-state index is 13.1. The summed E-state index contributed by atoms with van der Waals surface area (Å²) >= 11 is 0. The fourth-order valence-electron chi connectivity index (χ4n) is 5.08. The number of imidazole rings is 1. The summed E-state index contributed by atoms with van der Waals surface area (Å²) < 4.78 is 3.22.